The first-order chi connectivity index (χ1) is 13.5. The predicted molar refractivity (Wildman–Crippen MR) is 102 cm³/mol. The molecule has 0 radical (unpaired) electrons. The van der Waals surface area contributed by atoms with Gasteiger partial charge in [0.1, 0.15) is 0 Å². The Morgan fingerprint density at radius 2 is 2.18 bits per heavy atom. The number of ether oxygens (including phenoxy) is 1. The SMILES string of the molecule is CCOC(=O)[C@H]1CCCN(CC(=O)Nc2nc(-c3ccc(F)c(F)c3)cs2)C1. The maximum atomic E-state index is 13.4. The number of hydrogen-bond acceptors (Lipinski definition) is 6. The number of thiazole rings is 1. The van der Waals surface area contributed by atoms with E-state index in [1.807, 2.05) is 4.90 Å². The molecule has 1 aliphatic heterocycles. The van der Waals surface area contributed by atoms with Gasteiger partial charge in [0.05, 0.1) is 24.8 Å². The number of likely N-dealkylation sites (tertiary alicyclic amines) is 1. The molecule has 1 atom stereocenters. The lowest BCUT2D eigenvalue weighted by Crippen LogP contribution is -2.43. The molecule has 0 aliphatic carbocycles. The Morgan fingerprint density at radius 3 is 2.93 bits per heavy atom. The molecule has 28 heavy (non-hydrogen) atoms. The van der Waals surface area contributed by atoms with Crippen molar-refractivity contribution >= 4 is 28.3 Å². The minimum atomic E-state index is -0.947. The predicted octanol–water partition coefficient (Wildman–Crippen LogP) is 3.30. The van der Waals surface area contributed by atoms with Gasteiger partial charge in [-0.1, -0.05) is 0 Å². The third-order valence-electron chi connectivity index (χ3n) is 4.46. The fourth-order valence-corrected chi connectivity index (χ4v) is 3.87. The Hall–Kier alpha value is -2.39. The number of halogens is 2. The topological polar surface area (TPSA) is 71.5 Å². The quantitative estimate of drug-likeness (QED) is 0.742. The maximum absolute atomic E-state index is 13.4. The van der Waals surface area contributed by atoms with Gasteiger partial charge in [-0.2, -0.15) is 0 Å². The van der Waals surface area contributed by atoms with Gasteiger partial charge in [0, 0.05) is 17.5 Å². The molecular formula is C19H21F2N3O3S. The van der Waals surface area contributed by atoms with Crippen molar-refractivity contribution in [2.45, 2.75) is 19.8 Å². The van der Waals surface area contributed by atoms with E-state index in [4.69, 9.17) is 4.74 Å². The number of nitrogens with one attached hydrogen (secondary N) is 1. The van der Waals surface area contributed by atoms with E-state index >= 15 is 0 Å². The van der Waals surface area contributed by atoms with E-state index in [0.29, 0.717) is 29.5 Å². The van der Waals surface area contributed by atoms with Crippen LogP contribution in [0, 0.1) is 17.6 Å². The second-order valence-electron chi connectivity index (χ2n) is 6.54. The van der Waals surface area contributed by atoms with Crippen LogP contribution in [0.5, 0.6) is 0 Å². The fraction of sp³-hybridized carbons (Fsp3) is 0.421. The zero-order valence-corrected chi connectivity index (χ0v) is 16.2. The number of amides is 1. The molecule has 2 heterocycles. The summed E-state index contributed by atoms with van der Waals surface area (Å²) in [6.45, 7) is 3.50. The largest absolute Gasteiger partial charge is 0.466 e. The molecule has 0 unspecified atom stereocenters. The molecule has 2 aromatic rings. The lowest BCUT2D eigenvalue weighted by Gasteiger charge is -2.30. The van der Waals surface area contributed by atoms with Crippen LogP contribution in [-0.2, 0) is 14.3 Å². The number of esters is 1. The molecule has 1 amide bonds. The number of hydrogen-bond donors (Lipinski definition) is 1. The summed E-state index contributed by atoms with van der Waals surface area (Å²) >= 11 is 1.20. The van der Waals surface area contributed by atoms with Crippen molar-refractivity contribution in [1.29, 1.82) is 0 Å². The summed E-state index contributed by atoms with van der Waals surface area (Å²) < 4.78 is 31.5. The number of rotatable bonds is 6. The number of aromatic nitrogens is 1. The number of carbonyl (C=O) groups excluding carboxylic acids is 2. The van der Waals surface area contributed by atoms with Crippen molar-refractivity contribution < 1.29 is 23.1 Å². The molecule has 0 saturated carbocycles. The van der Waals surface area contributed by atoms with Gasteiger partial charge in [-0.05, 0) is 44.5 Å². The molecule has 9 heteroatoms. The van der Waals surface area contributed by atoms with E-state index in [0.717, 1.165) is 31.5 Å². The second-order valence-corrected chi connectivity index (χ2v) is 7.40. The van der Waals surface area contributed by atoms with Gasteiger partial charge in [0.2, 0.25) is 5.91 Å². The minimum Gasteiger partial charge on any atom is -0.466 e. The van der Waals surface area contributed by atoms with Gasteiger partial charge in [0.15, 0.2) is 16.8 Å². The standard InChI is InChI=1S/C19H21F2N3O3S/c1-2-27-18(26)13-4-3-7-24(9-13)10-17(25)23-19-22-16(11-28-19)12-5-6-14(20)15(21)8-12/h5-6,8,11,13H,2-4,7,9-10H2,1H3,(H,22,23,25)/t13-/m0/s1. The highest BCUT2D eigenvalue weighted by atomic mass is 32.1. The van der Waals surface area contributed by atoms with Gasteiger partial charge in [-0.15, -0.1) is 11.3 Å². The minimum absolute atomic E-state index is 0.149. The van der Waals surface area contributed by atoms with Crippen molar-refractivity contribution in [2.24, 2.45) is 5.92 Å². The highest BCUT2D eigenvalue weighted by molar-refractivity contribution is 7.14. The second kappa shape index (κ2) is 9.20. The average Bonchev–Trinajstić information content (AvgIpc) is 3.12. The van der Waals surface area contributed by atoms with E-state index < -0.39 is 11.6 Å². The normalized spacial score (nSPS) is 17.3. The van der Waals surface area contributed by atoms with Crippen LogP contribution in [0.2, 0.25) is 0 Å². The Balaban J connectivity index is 1.56. The van der Waals surface area contributed by atoms with Crippen molar-refractivity contribution in [2.75, 3.05) is 31.6 Å². The van der Waals surface area contributed by atoms with Crippen LogP contribution in [0.1, 0.15) is 19.8 Å². The van der Waals surface area contributed by atoms with Crippen molar-refractivity contribution in [3.63, 3.8) is 0 Å². The first-order valence-corrected chi connectivity index (χ1v) is 9.94. The van der Waals surface area contributed by atoms with Gasteiger partial charge >= 0.3 is 5.97 Å². The van der Waals surface area contributed by atoms with Gasteiger partial charge in [0.25, 0.3) is 0 Å². The Labute approximate surface area is 165 Å². The lowest BCUT2D eigenvalue weighted by atomic mass is 9.98. The summed E-state index contributed by atoms with van der Waals surface area (Å²) in [5.41, 5.74) is 0.892. The lowest BCUT2D eigenvalue weighted by molar-refractivity contribution is -0.150. The Morgan fingerprint density at radius 1 is 1.36 bits per heavy atom. The third-order valence-corrected chi connectivity index (χ3v) is 5.22. The van der Waals surface area contributed by atoms with Gasteiger partial charge in [-0.3, -0.25) is 14.5 Å². The maximum Gasteiger partial charge on any atom is 0.310 e. The van der Waals surface area contributed by atoms with E-state index in [2.05, 4.69) is 10.3 Å². The summed E-state index contributed by atoms with van der Waals surface area (Å²) in [5, 5.41) is 4.76. The van der Waals surface area contributed by atoms with Crippen LogP contribution >= 0.6 is 11.3 Å². The number of carbonyl (C=O) groups is 2. The van der Waals surface area contributed by atoms with Crippen LogP contribution in [-0.4, -0.2) is 48.0 Å². The summed E-state index contributed by atoms with van der Waals surface area (Å²) in [6, 6.07) is 3.54. The van der Waals surface area contributed by atoms with Crippen molar-refractivity contribution in [3.05, 3.63) is 35.2 Å². The molecule has 0 bridgehead atoms. The molecule has 3 rings (SSSR count). The van der Waals surface area contributed by atoms with E-state index in [1.165, 1.54) is 17.4 Å². The summed E-state index contributed by atoms with van der Waals surface area (Å²) in [5.74, 6) is -2.53. The number of nitrogens with zero attached hydrogens (tertiary/aromatic N) is 2. The molecule has 6 nitrogen and oxygen atoms in total. The van der Waals surface area contributed by atoms with Crippen LogP contribution in [0.3, 0.4) is 0 Å². The highest BCUT2D eigenvalue weighted by Crippen LogP contribution is 2.26. The molecule has 1 aromatic carbocycles. The van der Waals surface area contributed by atoms with Gasteiger partial charge in [-0.25, -0.2) is 13.8 Å². The molecule has 1 fully saturated rings. The van der Waals surface area contributed by atoms with Crippen LogP contribution in [0.15, 0.2) is 23.6 Å². The third kappa shape index (κ3) is 5.11. The summed E-state index contributed by atoms with van der Waals surface area (Å²) in [4.78, 5) is 30.4. The fourth-order valence-electron chi connectivity index (χ4n) is 3.13. The number of anilines is 1. The van der Waals surface area contributed by atoms with E-state index in [1.54, 1.807) is 12.3 Å². The molecule has 1 aromatic heterocycles. The first-order valence-electron chi connectivity index (χ1n) is 9.06. The molecule has 150 valence electrons. The van der Waals surface area contributed by atoms with E-state index in [9.17, 15) is 18.4 Å². The molecular weight excluding hydrogens is 388 g/mol. The smallest absolute Gasteiger partial charge is 0.310 e. The van der Waals surface area contributed by atoms with Crippen molar-refractivity contribution in [1.82, 2.24) is 9.88 Å². The van der Waals surface area contributed by atoms with Crippen LogP contribution in [0.25, 0.3) is 11.3 Å². The van der Waals surface area contributed by atoms with Gasteiger partial charge < -0.3 is 10.1 Å². The molecule has 0 spiro atoms. The summed E-state index contributed by atoms with van der Waals surface area (Å²) in [6.07, 6.45) is 1.59. The monoisotopic (exact) mass is 409 g/mol. The number of piperidine rings is 1. The van der Waals surface area contributed by atoms with Crippen LogP contribution in [0.4, 0.5) is 13.9 Å². The molecule has 1 saturated heterocycles. The average molecular weight is 409 g/mol. The zero-order valence-electron chi connectivity index (χ0n) is 15.4. The van der Waals surface area contributed by atoms with Crippen LogP contribution < -0.4 is 5.32 Å². The van der Waals surface area contributed by atoms with Crippen molar-refractivity contribution in [3.8, 4) is 11.3 Å². The Bertz CT molecular complexity index is 859. The Kier molecular flexibility index (Phi) is 6.69. The molecule has 1 N–H and O–H groups in total. The zero-order chi connectivity index (χ0) is 20.1. The highest BCUT2D eigenvalue weighted by Gasteiger charge is 2.27. The van der Waals surface area contributed by atoms with E-state index in [-0.39, 0.29) is 24.3 Å². The first kappa shape index (κ1) is 20.3. The molecule has 1 aliphatic rings. The number of benzene rings is 1. The summed E-state index contributed by atoms with van der Waals surface area (Å²) in [7, 11) is 0.